The summed E-state index contributed by atoms with van der Waals surface area (Å²) < 4.78 is 6.90. The molecule has 0 aliphatic carbocycles. The molecular formula is C13H11N3O. The van der Waals surface area contributed by atoms with Gasteiger partial charge < -0.3 is 4.74 Å². The molecule has 0 saturated heterocycles. The van der Waals surface area contributed by atoms with Crippen molar-refractivity contribution in [2.24, 2.45) is 0 Å². The zero-order valence-electron chi connectivity index (χ0n) is 9.37. The summed E-state index contributed by atoms with van der Waals surface area (Å²) in [4.78, 5) is 4.33. The number of hydrogen-bond donors (Lipinski definition) is 0. The molecule has 4 nitrogen and oxygen atoms in total. The van der Waals surface area contributed by atoms with Crippen LogP contribution in [0.15, 0.2) is 48.9 Å². The lowest BCUT2D eigenvalue weighted by Crippen LogP contribution is -1.87. The lowest BCUT2D eigenvalue weighted by Gasteiger charge is -2.01. The molecule has 0 N–H and O–H groups in total. The second-order valence-corrected chi connectivity index (χ2v) is 3.67. The van der Waals surface area contributed by atoms with Gasteiger partial charge in [-0.1, -0.05) is 12.1 Å². The zero-order chi connectivity index (χ0) is 11.7. The summed E-state index contributed by atoms with van der Waals surface area (Å²) in [7, 11) is 1.66. The minimum atomic E-state index is 0.846. The van der Waals surface area contributed by atoms with Crippen molar-refractivity contribution in [3.05, 3.63) is 48.9 Å². The molecule has 84 valence electrons. The standard InChI is InChI=1S/C13H11N3O/c1-17-11-5-3-10(4-6-11)12-9-15-16-8-2-7-14-13(12)16/h2-9H,1H3. The fourth-order valence-corrected chi connectivity index (χ4v) is 1.80. The maximum absolute atomic E-state index is 5.14. The summed E-state index contributed by atoms with van der Waals surface area (Å²) in [5.74, 6) is 0.846. The molecule has 3 rings (SSSR count). The summed E-state index contributed by atoms with van der Waals surface area (Å²) in [5, 5.41) is 4.26. The van der Waals surface area contributed by atoms with Crippen LogP contribution in [0.4, 0.5) is 0 Å². The monoisotopic (exact) mass is 225 g/mol. The molecule has 0 radical (unpaired) electrons. The second kappa shape index (κ2) is 3.90. The van der Waals surface area contributed by atoms with Gasteiger partial charge in [0, 0.05) is 18.0 Å². The first-order chi connectivity index (χ1) is 8.38. The molecule has 0 aliphatic rings. The van der Waals surface area contributed by atoms with Crippen LogP contribution in [0.2, 0.25) is 0 Å². The first-order valence-electron chi connectivity index (χ1n) is 5.31. The minimum absolute atomic E-state index is 0.846. The Morgan fingerprint density at radius 2 is 2.00 bits per heavy atom. The highest BCUT2D eigenvalue weighted by Crippen LogP contribution is 2.24. The highest BCUT2D eigenvalue weighted by Gasteiger charge is 2.06. The number of nitrogens with zero attached hydrogens (tertiary/aromatic N) is 3. The van der Waals surface area contributed by atoms with Gasteiger partial charge in [0.2, 0.25) is 0 Å². The van der Waals surface area contributed by atoms with Gasteiger partial charge in [-0.05, 0) is 23.8 Å². The largest absolute Gasteiger partial charge is 0.497 e. The van der Waals surface area contributed by atoms with E-state index >= 15 is 0 Å². The topological polar surface area (TPSA) is 39.4 Å². The molecule has 0 saturated carbocycles. The number of benzene rings is 1. The van der Waals surface area contributed by atoms with E-state index in [2.05, 4.69) is 10.1 Å². The van der Waals surface area contributed by atoms with Gasteiger partial charge in [-0.3, -0.25) is 0 Å². The third-order valence-electron chi connectivity index (χ3n) is 2.68. The molecule has 17 heavy (non-hydrogen) atoms. The molecule has 2 aromatic heterocycles. The van der Waals surface area contributed by atoms with Gasteiger partial charge in [0.1, 0.15) is 5.75 Å². The summed E-state index contributed by atoms with van der Waals surface area (Å²) in [6.07, 6.45) is 5.48. The van der Waals surface area contributed by atoms with Crippen molar-refractivity contribution < 1.29 is 4.74 Å². The summed E-state index contributed by atoms with van der Waals surface area (Å²) >= 11 is 0. The van der Waals surface area contributed by atoms with Crippen molar-refractivity contribution in [2.75, 3.05) is 7.11 Å². The van der Waals surface area contributed by atoms with E-state index in [0.717, 1.165) is 22.5 Å². The number of aromatic nitrogens is 3. The molecule has 0 fully saturated rings. The normalized spacial score (nSPS) is 10.6. The second-order valence-electron chi connectivity index (χ2n) is 3.67. The van der Waals surface area contributed by atoms with E-state index < -0.39 is 0 Å². The van der Waals surface area contributed by atoms with Gasteiger partial charge in [-0.2, -0.15) is 5.10 Å². The Kier molecular flexibility index (Phi) is 2.26. The van der Waals surface area contributed by atoms with Crippen LogP contribution >= 0.6 is 0 Å². The van der Waals surface area contributed by atoms with Crippen molar-refractivity contribution in [1.82, 2.24) is 14.6 Å². The molecule has 4 heteroatoms. The van der Waals surface area contributed by atoms with Gasteiger partial charge in [0.05, 0.1) is 13.3 Å². The quantitative estimate of drug-likeness (QED) is 0.672. The molecular weight excluding hydrogens is 214 g/mol. The predicted octanol–water partition coefficient (Wildman–Crippen LogP) is 2.40. The molecule has 3 aromatic rings. The molecule has 0 bridgehead atoms. The van der Waals surface area contributed by atoms with Crippen molar-refractivity contribution in [3.8, 4) is 16.9 Å². The smallest absolute Gasteiger partial charge is 0.162 e. The van der Waals surface area contributed by atoms with Gasteiger partial charge in [0.25, 0.3) is 0 Å². The lowest BCUT2D eigenvalue weighted by atomic mass is 10.1. The molecule has 0 amide bonds. The summed E-state index contributed by atoms with van der Waals surface area (Å²) in [5.41, 5.74) is 2.96. The SMILES string of the molecule is COc1ccc(-c2cnn3cccnc23)cc1. The van der Waals surface area contributed by atoms with Crippen LogP contribution in [0.1, 0.15) is 0 Å². The van der Waals surface area contributed by atoms with E-state index in [4.69, 9.17) is 4.74 Å². The van der Waals surface area contributed by atoms with Crippen LogP contribution in [0.25, 0.3) is 16.8 Å². The first kappa shape index (κ1) is 9.84. The summed E-state index contributed by atoms with van der Waals surface area (Å²) in [6, 6.07) is 9.73. The predicted molar refractivity (Wildman–Crippen MR) is 65.0 cm³/mol. The van der Waals surface area contributed by atoms with E-state index in [1.807, 2.05) is 42.7 Å². The zero-order valence-corrected chi connectivity index (χ0v) is 9.37. The Bertz CT molecular complexity index is 643. The highest BCUT2D eigenvalue weighted by atomic mass is 16.5. The first-order valence-corrected chi connectivity index (χ1v) is 5.31. The van der Waals surface area contributed by atoms with Gasteiger partial charge >= 0.3 is 0 Å². The lowest BCUT2D eigenvalue weighted by molar-refractivity contribution is 0.415. The van der Waals surface area contributed by atoms with E-state index in [0.29, 0.717) is 0 Å². The molecule has 0 spiro atoms. The van der Waals surface area contributed by atoms with Crippen molar-refractivity contribution >= 4 is 5.65 Å². The number of ether oxygens (including phenoxy) is 1. The van der Waals surface area contributed by atoms with Crippen LogP contribution in [-0.2, 0) is 0 Å². The average molecular weight is 225 g/mol. The van der Waals surface area contributed by atoms with Crippen LogP contribution < -0.4 is 4.74 Å². The molecule has 0 atom stereocenters. The van der Waals surface area contributed by atoms with E-state index in [-0.39, 0.29) is 0 Å². The molecule has 0 unspecified atom stereocenters. The average Bonchev–Trinajstić information content (AvgIpc) is 2.83. The number of methoxy groups -OCH3 is 1. The Balaban J connectivity index is 2.13. The number of fused-ring (bicyclic) bond motifs is 1. The van der Waals surface area contributed by atoms with Gasteiger partial charge in [-0.15, -0.1) is 0 Å². The maximum atomic E-state index is 5.14. The number of hydrogen-bond acceptors (Lipinski definition) is 3. The Labute approximate surface area is 98.5 Å². The van der Waals surface area contributed by atoms with Crippen LogP contribution in [-0.4, -0.2) is 21.7 Å². The van der Waals surface area contributed by atoms with E-state index in [1.165, 1.54) is 0 Å². The molecule has 1 aromatic carbocycles. The van der Waals surface area contributed by atoms with Gasteiger partial charge in [0.15, 0.2) is 5.65 Å². The minimum Gasteiger partial charge on any atom is -0.497 e. The maximum Gasteiger partial charge on any atom is 0.162 e. The summed E-state index contributed by atoms with van der Waals surface area (Å²) in [6.45, 7) is 0. The Morgan fingerprint density at radius 1 is 1.18 bits per heavy atom. The van der Waals surface area contributed by atoms with Crippen molar-refractivity contribution in [1.29, 1.82) is 0 Å². The third-order valence-corrected chi connectivity index (χ3v) is 2.68. The molecule has 2 heterocycles. The van der Waals surface area contributed by atoms with Crippen molar-refractivity contribution in [3.63, 3.8) is 0 Å². The van der Waals surface area contributed by atoms with Crippen LogP contribution in [0.3, 0.4) is 0 Å². The van der Waals surface area contributed by atoms with Gasteiger partial charge in [-0.25, -0.2) is 9.50 Å². The highest BCUT2D eigenvalue weighted by molar-refractivity contribution is 5.76. The van der Waals surface area contributed by atoms with Crippen molar-refractivity contribution in [2.45, 2.75) is 0 Å². The third kappa shape index (κ3) is 1.63. The van der Waals surface area contributed by atoms with Crippen LogP contribution in [0, 0.1) is 0 Å². The van der Waals surface area contributed by atoms with E-state index in [1.54, 1.807) is 17.8 Å². The fraction of sp³-hybridized carbons (Fsp3) is 0.0769. The van der Waals surface area contributed by atoms with E-state index in [9.17, 15) is 0 Å². The van der Waals surface area contributed by atoms with Crippen LogP contribution in [0.5, 0.6) is 5.75 Å². The molecule has 0 aliphatic heterocycles. The Morgan fingerprint density at radius 3 is 2.76 bits per heavy atom. The number of rotatable bonds is 2. The Hall–Kier alpha value is -2.36. The fourth-order valence-electron chi connectivity index (χ4n) is 1.80.